The summed E-state index contributed by atoms with van der Waals surface area (Å²) in [5.41, 5.74) is 0.932. The van der Waals surface area contributed by atoms with Gasteiger partial charge >= 0.3 is 0 Å². The summed E-state index contributed by atoms with van der Waals surface area (Å²) in [6, 6.07) is 11.8. The predicted molar refractivity (Wildman–Crippen MR) is 89.5 cm³/mol. The number of fused-ring (bicyclic) bond motifs is 1. The van der Waals surface area contributed by atoms with Gasteiger partial charge in [0.05, 0.1) is 12.0 Å². The third-order valence-electron chi connectivity index (χ3n) is 3.60. The van der Waals surface area contributed by atoms with Crippen LogP contribution >= 0.6 is 11.6 Å². The van der Waals surface area contributed by atoms with E-state index in [0.717, 1.165) is 0 Å². The average molecular weight is 330 g/mol. The standard InChI is InChI=1S/C18H16ClNO3/c1-18(2)10-15(21)14-8-11(6-7-16(14)23-18)17(22)20-13-5-3-4-12(19)9-13/h3-9H,10H2,1-2H3,(H,20,22). The number of halogens is 1. The van der Waals surface area contributed by atoms with E-state index in [1.54, 1.807) is 42.5 Å². The van der Waals surface area contributed by atoms with Crippen LogP contribution in [0.5, 0.6) is 5.75 Å². The number of amides is 1. The van der Waals surface area contributed by atoms with Gasteiger partial charge in [-0.3, -0.25) is 9.59 Å². The van der Waals surface area contributed by atoms with Gasteiger partial charge in [0.25, 0.3) is 5.91 Å². The van der Waals surface area contributed by atoms with E-state index in [2.05, 4.69) is 5.32 Å². The average Bonchev–Trinajstić information content (AvgIpc) is 2.45. The Hall–Kier alpha value is -2.33. The van der Waals surface area contributed by atoms with Gasteiger partial charge in [-0.2, -0.15) is 0 Å². The third-order valence-corrected chi connectivity index (χ3v) is 3.83. The number of ketones is 1. The molecule has 1 amide bonds. The van der Waals surface area contributed by atoms with Crippen LogP contribution in [-0.4, -0.2) is 17.3 Å². The first-order valence-electron chi connectivity index (χ1n) is 7.27. The molecular formula is C18H16ClNO3. The lowest BCUT2D eigenvalue weighted by atomic mass is 9.92. The van der Waals surface area contributed by atoms with E-state index < -0.39 is 5.60 Å². The fourth-order valence-corrected chi connectivity index (χ4v) is 2.75. The molecule has 4 nitrogen and oxygen atoms in total. The van der Waals surface area contributed by atoms with Crippen LogP contribution in [0.15, 0.2) is 42.5 Å². The van der Waals surface area contributed by atoms with Gasteiger partial charge < -0.3 is 10.1 Å². The number of hydrogen-bond donors (Lipinski definition) is 1. The second kappa shape index (κ2) is 5.70. The van der Waals surface area contributed by atoms with E-state index in [1.165, 1.54) is 0 Å². The van der Waals surface area contributed by atoms with Crippen LogP contribution in [0.4, 0.5) is 5.69 Å². The Morgan fingerprint density at radius 1 is 1.22 bits per heavy atom. The van der Waals surface area contributed by atoms with Crippen LogP contribution in [0.2, 0.25) is 5.02 Å². The molecule has 0 aromatic heterocycles. The number of rotatable bonds is 2. The highest BCUT2D eigenvalue weighted by Crippen LogP contribution is 2.33. The van der Waals surface area contributed by atoms with Crippen molar-refractivity contribution >= 4 is 29.0 Å². The molecule has 5 heteroatoms. The smallest absolute Gasteiger partial charge is 0.255 e. The van der Waals surface area contributed by atoms with Crippen molar-refractivity contribution < 1.29 is 14.3 Å². The Labute approximate surface area is 139 Å². The van der Waals surface area contributed by atoms with Crippen molar-refractivity contribution in [3.63, 3.8) is 0 Å². The van der Waals surface area contributed by atoms with Crippen LogP contribution in [0.3, 0.4) is 0 Å². The maximum absolute atomic E-state index is 12.3. The molecule has 1 N–H and O–H groups in total. The first kappa shape index (κ1) is 15.6. The van der Waals surface area contributed by atoms with Gasteiger partial charge in [0.2, 0.25) is 0 Å². The number of hydrogen-bond acceptors (Lipinski definition) is 3. The molecule has 0 saturated carbocycles. The van der Waals surface area contributed by atoms with Gasteiger partial charge in [0.15, 0.2) is 5.78 Å². The van der Waals surface area contributed by atoms with Gasteiger partial charge in [0.1, 0.15) is 11.4 Å². The second-order valence-corrected chi connectivity index (χ2v) is 6.57. The molecule has 0 spiro atoms. The van der Waals surface area contributed by atoms with Crippen molar-refractivity contribution in [1.82, 2.24) is 0 Å². The van der Waals surface area contributed by atoms with Gasteiger partial charge in [0, 0.05) is 16.3 Å². The van der Waals surface area contributed by atoms with Crippen molar-refractivity contribution in [2.24, 2.45) is 0 Å². The Morgan fingerprint density at radius 3 is 2.74 bits per heavy atom. The minimum Gasteiger partial charge on any atom is -0.487 e. The summed E-state index contributed by atoms with van der Waals surface area (Å²) >= 11 is 5.90. The molecule has 0 aliphatic carbocycles. The molecule has 1 aliphatic rings. The summed E-state index contributed by atoms with van der Waals surface area (Å²) in [5.74, 6) is 0.201. The molecule has 2 aromatic carbocycles. The number of benzene rings is 2. The molecule has 0 saturated heterocycles. The fourth-order valence-electron chi connectivity index (χ4n) is 2.56. The quantitative estimate of drug-likeness (QED) is 0.891. The van der Waals surface area contributed by atoms with Gasteiger partial charge in [-0.25, -0.2) is 0 Å². The third kappa shape index (κ3) is 3.37. The van der Waals surface area contributed by atoms with Crippen molar-refractivity contribution in [2.75, 3.05) is 5.32 Å². The van der Waals surface area contributed by atoms with Crippen LogP contribution in [-0.2, 0) is 0 Å². The van der Waals surface area contributed by atoms with E-state index in [9.17, 15) is 9.59 Å². The lowest BCUT2D eigenvalue weighted by Gasteiger charge is -2.31. The Morgan fingerprint density at radius 2 is 2.00 bits per heavy atom. The maximum Gasteiger partial charge on any atom is 0.255 e. The van der Waals surface area contributed by atoms with Crippen molar-refractivity contribution in [1.29, 1.82) is 0 Å². The van der Waals surface area contributed by atoms with Crippen LogP contribution < -0.4 is 10.1 Å². The zero-order chi connectivity index (χ0) is 16.6. The normalized spacial score (nSPS) is 15.5. The highest BCUT2D eigenvalue weighted by atomic mass is 35.5. The lowest BCUT2D eigenvalue weighted by Crippen LogP contribution is -2.36. The molecule has 2 aromatic rings. The number of Topliss-reactive ketones (excluding diaryl/α,β-unsaturated/α-hetero) is 1. The molecule has 0 radical (unpaired) electrons. The summed E-state index contributed by atoms with van der Waals surface area (Å²) in [7, 11) is 0. The predicted octanol–water partition coefficient (Wildman–Crippen LogP) is 4.34. The first-order valence-corrected chi connectivity index (χ1v) is 7.65. The SMILES string of the molecule is CC1(C)CC(=O)c2cc(C(=O)Nc3cccc(Cl)c3)ccc2O1. The molecule has 0 fully saturated rings. The maximum atomic E-state index is 12.3. The van der Waals surface area contributed by atoms with Crippen molar-refractivity contribution in [2.45, 2.75) is 25.9 Å². The molecule has 118 valence electrons. The second-order valence-electron chi connectivity index (χ2n) is 6.14. The molecule has 0 unspecified atom stereocenters. The summed E-state index contributed by atoms with van der Waals surface area (Å²) in [4.78, 5) is 24.6. The fraction of sp³-hybridized carbons (Fsp3) is 0.222. The van der Waals surface area contributed by atoms with E-state index in [-0.39, 0.29) is 11.7 Å². The van der Waals surface area contributed by atoms with Crippen molar-refractivity contribution in [3.8, 4) is 5.75 Å². The zero-order valence-corrected chi connectivity index (χ0v) is 13.6. The molecule has 1 aliphatic heterocycles. The molecule has 3 rings (SSSR count). The summed E-state index contributed by atoms with van der Waals surface area (Å²) in [6.07, 6.45) is 0.291. The number of nitrogens with one attached hydrogen (secondary N) is 1. The van der Waals surface area contributed by atoms with E-state index in [4.69, 9.17) is 16.3 Å². The Balaban J connectivity index is 1.86. The van der Waals surface area contributed by atoms with E-state index in [0.29, 0.717) is 34.0 Å². The van der Waals surface area contributed by atoms with Gasteiger partial charge in [-0.15, -0.1) is 0 Å². The van der Waals surface area contributed by atoms with E-state index in [1.807, 2.05) is 13.8 Å². The van der Waals surface area contributed by atoms with Gasteiger partial charge in [-0.1, -0.05) is 17.7 Å². The van der Waals surface area contributed by atoms with E-state index >= 15 is 0 Å². The zero-order valence-electron chi connectivity index (χ0n) is 12.9. The minimum atomic E-state index is -0.519. The number of anilines is 1. The summed E-state index contributed by atoms with van der Waals surface area (Å²) < 4.78 is 5.79. The van der Waals surface area contributed by atoms with Crippen LogP contribution in [0, 0.1) is 0 Å². The van der Waals surface area contributed by atoms with Gasteiger partial charge in [-0.05, 0) is 50.2 Å². The highest BCUT2D eigenvalue weighted by Gasteiger charge is 2.32. The largest absolute Gasteiger partial charge is 0.487 e. The van der Waals surface area contributed by atoms with Crippen LogP contribution in [0.25, 0.3) is 0 Å². The molecule has 0 bridgehead atoms. The first-order chi connectivity index (χ1) is 10.8. The number of carbonyl (C=O) groups is 2. The lowest BCUT2D eigenvalue weighted by molar-refractivity contribution is 0.0620. The summed E-state index contributed by atoms with van der Waals surface area (Å²) in [5, 5.41) is 3.30. The van der Waals surface area contributed by atoms with Crippen molar-refractivity contribution in [3.05, 3.63) is 58.6 Å². The minimum absolute atomic E-state index is 0.0198. The Bertz CT molecular complexity index is 799. The monoisotopic (exact) mass is 329 g/mol. The Kier molecular flexibility index (Phi) is 3.86. The molecule has 0 atom stereocenters. The topological polar surface area (TPSA) is 55.4 Å². The van der Waals surface area contributed by atoms with Crippen LogP contribution in [0.1, 0.15) is 41.0 Å². The summed E-state index contributed by atoms with van der Waals surface area (Å²) in [6.45, 7) is 3.74. The number of carbonyl (C=O) groups excluding carboxylic acids is 2. The highest BCUT2D eigenvalue weighted by molar-refractivity contribution is 6.31. The molecular weight excluding hydrogens is 314 g/mol. The molecule has 1 heterocycles. The number of ether oxygens (including phenoxy) is 1. The molecule has 23 heavy (non-hydrogen) atoms.